The highest BCUT2D eigenvalue weighted by Crippen LogP contribution is 2.20. The first-order valence-corrected chi connectivity index (χ1v) is 5.61. The number of rotatable bonds is 2. The van der Waals surface area contributed by atoms with Gasteiger partial charge in [0.1, 0.15) is 5.82 Å². The Labute approximate surface area is 115 Å². The number of carbonyl (C=O) groups excluding carboxylic acids is 1. The van der Waals surface area contributed by atoms with Crippen molar-refractivity contribution in [3.05, 3.63) is 29.0 Å². The monoisotopic (exact) mass is 294 g/mol. The summed E-state index contributed by atoms with van der Waals surface area (Å²) in [5.74, 6) is -0.789. The summed E-state index contributed by atoms with van der Waals surface area (Å²) in [6.45, 7) is 0.405. The van der Waals surface area contributed by atoms with Crippen molar-refractivity contribution >= 4 is 35.6 Å². The zero-order chi connectivity index (χ0) is 12.4. The zero-order valence-electron chi connectivity index (χ0n) is 9.32. The van der Waals surface area contributed by atoms with Crippen LogP contribution in [0.1, 0.15) is 6.42 Å². The summed E-state index contributed by atoms with van der Waals surface area (Å²) in [4.78, 5) is 11.7. The Morgan fingerprint density at radius 3 is 2.83 bits per heavy atom. The van der Waals surface area contributed by atoms with E-state index in [1.165, 1.54) is 18.2 Å². The number of β-amino-alcohol motifs (C(OH)–C–C–N with tert-alkyl or cyclic N) is 1. The molecule has 2 atom stereocenters. The van der Waals surface area contributed by atoms with Crippen LogP contribution in [0.4, 0.5) is 10.1 Å². The van der Waals surface area contributed by atoms with Crippen molar-refractivity contribution < 1.29 is 14.3 Å². The van der Waals surface area contributed by atoms with Gasteiger partial charge in [0.25, 0.3) is 0 Å². The van der Waals surface area contributed by atoms with Crippen molar-refractivity contribution in [2.75, 3.05) is 11.9 Å². The fourth-order valence-corrected chi connectivity index (χ4v) is 1.90. The highest BCUT2D eigenvalue weighted by Gasteiger charge is 2.27. The largest absolute Gasteiger partial charge is 0.392 e. The second-order valence-electron chi connectivity index (χ2n) is 3.97. The number of aliphatic hydroxyl groups excluding tert-OH is 1. The molecule has 0 bridgehead atoms. The molecule has 1 aromatic carbocycles. The van der Waals surface area contributed by atoms with Crippen LogP contribution in [0.2, 0.25) is 5.02 Å². The Kier molecular flexibility index (Phi) is 5.34. The molecule has 0 saturated carbocycles. The average Bonchev–Trinajstić information content (AvgIpc) is 2.70. The number of aliphatic hydroxyl groups is 1. The first-order chi connectivity index (χ1) is 8.06. The minimum absolute atomic E-state index is 0. The van der Waals surface area contributed by atoms with Gasteiger partial charge in [0.2, 0.25) is 5.91 Å². The van der Waals surface area contributed by atoms with Gasteiger partial charge in [0.05, 0.1) is 17.2 Å². The third-order valence-corrected chi connectivity index (χ3v) is 2.90. The predicted molar refractivity (Wildman–Crippen MR) is 69.7 cm³/mol. The van der Waals surface area contributed by atoms with Gasteiger partial charge in [-0.3, -0.25) is 4.79 Å². The Hall–Kier alpha value is -0.880. The van der Waals surface area contributed by atoms with Gasteiger partial charge in [-0.25, -0.2) is 4.39 Å². The Bertz CT molecular complexity index is 445. The van der Waals surface area contributed by atoms with E-state index < -0.39 is 18.0 Å². The van der Waals surface area contributed by atoms with Crippen molar-refractivity contribution in [1.29, 1.82) is 0 Å². The second kappa shape index (κ2) is 6.33. The lowest BCUT2D eigenvalue weighted by molar-refractivity contribution is -0.117. The van der Waals surface area contributed by atoms with E-state index in [0.29, 0.717) is 18.7 Å². The van der Waals surface area contributed by atoms with Crippen LogP contribution >= 0.6 is 24.0 Å². The molecule has 1 aliphatic rings. The molecule has 0 spiro atoms. The van der Waals surface area contributed by atoms with Gasteiger partial charge in [0, 0.05) is 12.2 Å². The molecule has 2 unspecified atom stereocenters. The SMILES string of the molecule is Cl.O=C(Nc1ccc(F)c(Cl)c1)C1CC(O)CN1. The van der Waals surface area contributed by atoms with E-state index in [0.717, 1.165) is 0 Å². The van der Waals surface area contributed by atoms with E-state index in [-0.39, 0.29) is 23.3 Å². The van der Waals surface area contributed by atoms with Gasteiger partial charge in [-0.1, -0.05) is 11.6 Å². The highest BCUT2D eigenvalue weighted by molar-refractivity contribution is 6.31. The maximum absolute atomic E-state index is 12.9. The van der Waals surface area contributed by atoms with Crippen LogP contribution in [0.15, 0.2) is 18.2 Å². The normalized spacial score (nSPS) is 22.4. The maximum atomic E-state index is 12.9. The molecule has 100 valence electrons. The molecular weight excluding hydrogens is 282 g/mol. The van der Waals surface area contributed by atoms with Crippen molar-refractivity contribution in [2.45, 2.75) is 18.6 Å². The number of nitrogens with one attached hydrogen (secondary N) is 2. The number of hydrogen-bond donors (Lipinski definition) is 3. The quantitative estimate of drug-likeness (QED) is 0.776. The number of halogens is 3. The van der Waals surface area contributed by atoms with Gasteiger partial charge in [-0.05, 0) is 24.6 Å². The van der Waals surface area contributed by atoms with E-state index in [1.807, 2.05) is 0 Å². The van der Waals surface area contributed by atoms with E-state index in [2.05, 4.69) is 10.6 Å². The van der Waals surface area contributed by atoms with Crippen LogP contribution in [-0.4, -0.2) is 29.7 Å². The highest BCUT2D eigenvalue weighted by atomic mass is 35.5. The van der Waals surface area contributed by atoms with Gasteiger partial charge >= 0.3 is 0 Å². The molecule has 0 radical (unpaired) electrons. The first kappa shape index (κ1) is 15.2. The summed E-state index contributed by atoms with van der Waals surface area (Å²) in [6, 6.07) is 3.55. The molecule has 1 aromatic rings. The topological polar surface area (TPSA) is 61.4 Å². The van der Waals surface area contributed by atoms with Crippen LogP contribution < -0.4 is 10.6 Å². The summed E-state index contributed by atoms with van der Waals surface area (Å²) >= 11 is 5.60. The average molecular weight is 295 g/mol. The lowest BCUT2D eigenvalue weighted by Gasteiger charge is -2.11. The smallest absolute Gasteiger partial charge is 0.241 e. The fraction of sp³-hybridized carbons (Fsp3) is 0.364. The summed E-state index contributed by atoms with van der Waals surface area (Å²) in [6.07, 6.45) is -0.122. The predicted octanol–water partition coefficient (Wildman–Crippen LogP) is 1.56. The van der Waals surface area contributed by atoms with Gasteiger partial charge in [-0.15, -0.1) is 12.4 Å². The molecular formula is C11H13Cl2FN2O2. The van der Waals surface area contributed by atoms with E-state index >= 15 is 0 Å². The Morgan fingerprint density at radius 2 is 2.28 bits per heavy atom. The maximum Gasteiger partial charge on any atom is 0.241 e. The molecule has 3 N–H and O–H groups in total. The van der Waals surface area contributed by atoms with Gasteiger partial charge < -0.3 is 15.7 Å². The number of benzene rings is 1. The lowest BCUT2D eigenvalue weighted by atomic mass is 10.2. The molecule has 18 heavy (non-hydrogen) atoms. The Balaban J connectivity index is 0.00000162. The van der Waals surface area contributed by atoms with Crippen molar-refractivity contribution in [3.63, 3.8) is 0 Å². The standard InChI is InChI=1S/C11H12ClFN2O2.ClH/c12-8-3-6(1-2-9(8)13)15-11(17)10-4-7(16)5-14-10;/h1-3,7,10,14,16H,4-5H2,(H,15,17);1H. The fourth-order valence-electron chi connectivity index (χ4n) is 1.72. The molecule has 0 aliphatic carbocycles. The zero-order valence-corrected chi connectivity index (χ0v) is 10.9. The third-order valence-electron chi connectivity index (χ3n) is 2.61. The first-order valence-electron chi connectivity index (χ1n) is 5.23. The number of amides is 1. The molecule has 2 rings (SSSR count). The summed E-state index contributed by atoms with van der Waals surface area (Å²) in [5.41, 5.74) is 0.435. The van der Waals surface area contributed by atoms with E-state index in [4.69, 9.17) is 11.6 Å². The molecule has 1 aliphatic heterocycles. The van der Waals surface area contributed by atoms with Crippen LogP contribution in [0.5, 0.6) is 0 Å². The molecule has 7 heteroatoms. The van der Waals surface area contributed by atoms with E-state index in [9.17, 15) is 14.3 Å². The molecule has 0 aromatic heterocycles. The molecule has 1 fully saturated rings. The molecule has 1 heterocycles. The van der Waals surface area contributed by atoms with E-state index in [1.54, 1.807) is 0 Å². The van der Waals surface area contributed by atoms with Crippen molar-refractivity contribution in [3.8, 4) is 0 Å². The third kappa shape index (κ3) is 3.55. The van der Waals surface area contributed by atoms with Gasteiger partial charge in [0.15, 0.2) is 0 Å². The van der Waals surface area contributed by atoms with Crippen LogP contribution in [0.3, 0.4) is 0 Å². The van der Waals surface area contributed by atoms with Crippen LogP contribution in [0.25, 0.3) is 0 Å². The second-order valence-corrected chi connectivity index (χ2v) is 4.38. The van der Waals surface area contributed by atoms with Crippen molar-refractivity contribution in [1.82, 2.24) is 5.32 Å². The van der Waals surface area contributed by atoms with Gasteiger partial charge in [-0.2, -0.15) is 0 Å². The van der Waals surface area contributed by atoms with Crippen LogP contribution in [0, 0.1) is 5.82 Å². The molecule has 4 nitrogen and oxygen atoms in total. The summed E-state index contributed by atoms with van der Waals surface area (Å²) < 4.78 is 12.9. The number of anilines is 1. The lowest BCUT2D eigenvalue weighted by Crippen LogP contribution is -2.35. The minimum Gasteiger partial charge on any atom is -0.392 e. The summed E-state index contributed by atoms with van der Waals surface area (Å²) in [7, 11) is 0. The molecule has 1 amide bonds. The number of carbonyl (C=O) groups is 1. The number of hydrogen-bond acceptors (Lipinski definition) is 3. The molecule has 1 saturated heterocycles. The Morgan fingerprint density at radius 1 is 1.56 bits per heavy atom. The minimum atomic E-state index is -0.529. The van der Waals surface area contributed by atoms with Crippen LogP contribution in [-0.2, 0) is 4.79 Å². The van der Waals surface area contributed by atoms with Crippen molar-refractivity contribution in [2.24, 2.45) is 0 Å². The summed E-state index contributed by atoms with van der Waals surface area (Å²) in [5, 5.41) is 14.7.